The molecule has 0 unspecified atom stereocenters. The van der Waals surface area contributed by atoms with Crippen molar-refractivity contribution in [3.05, 3.63) is 65.9 Å². The van der Waals surface area contributed by atoms with Gasteiger partial charge in [0.25, 0.3) is 0 Å². The summed E-state index contributed by atoms with van der Waals surface area (Å²) >= 11 is 0. The van der Waals surface area contributed by atoms with Crippen molar-refractivity contribution in [1.82, 2.24) is 9.38 Å². The van der Waals surface area contributed by atoms with Crippen LogP contribution in [0, 0.1) is 0 Å². The van der Waals surface area contributed by atoms with Gasteiger partial charge in [-0.2, -0.15) is 13.2 Å². The first kappa shape index (κ1) is 15.3. The van der Waals surface area contributed by atoms with Gasteiger partial charge in [-0.15, -0.1) is 0 Å². The molecule has 0 aliphatic carbocycles. The molecular weight excluding hydrogens is 335 g/mol. The largest absolute Gasteiger partial charge is 0.454 e. The van der Waals surface area contributed by atoms with Crippen LogP contribution in [0.2, 0.25) is 0 Å². The lowest BCUT2D eigenvalue weighted by Crippen LogP contribution is -2.13. The molecule has 3 heterocycles. The van der Waals surface area contributed by atoms with E-state index in [1.807, 2.05) is 18.3 Å². The van der Waals surface area contributed by atoms with Gasteiger partial charge in [0.05, 0.1) is 17.3 Å². The first-order valence-electron chi connectivity index (χ1n) is 7.22. The highest BCUT2D eigenvalue weighted by Crippen LogP contribution is 2.34. The molecule has 4 rings (SSSR count). The van der Waals surface area contributed by atoms with E-state index in [0.717, 1.165) is 11.6 Å². The fraction of sp³-hybridized carbons (Fsp3) is 0.0588. The zero-order chi connectivity index (χ0) is 17.6. The number of fused-ring (bicyclic) bond motifs is 2. The van der Waals surface area contributed by atoms with Gasteiger partial charge in [-0.3, -0.25) is 0 Å². The summed E-state index contributed by atoms with van der Waals surface area (Å²) in [4.78, 5) is 4.23. The number of hydrogen-bond donors (Lipinski definition) is 1. The topological polar surface area (TPSA) is 63.0 Å². The Kier molecular flexibility index (Phi) is 3.28. The molecule has 0 radical (unpaired) electrons. The quantitative estimate of drug-likeness (QED) is 0.418. The van der Waals surface area contributed by atoms with Crippen LogP contribution in [0.5, 0.6) is 0 Å². The van der Waals surface area contributed by atoms with Crippen LogP contribution < -0.4 is 5.36 Å². The van der Waals surface area contributed by atoms with E-state index in [1.54, 1.807) is 16.8 Å². The van der Waals surface area contributed by atoms with Crippen molar-refractivity contribution in [2.24, 2.45) is 5.16 Å². The van der Waals surface area contributed by atoms with E-state index in [0.29, 0.717) is 5.69 Å². The van der Waals surface area contributed by atoms with E-state index in [-0.39, 0.29) is 22.1 Å². The van der Waals surface area contributed by atoms with Gasteiger partial charge in [0.15, 0.2) is 5.76 Å². The van der Waals surface area contributed by atoms with Crippen molar-refractivity contribution in [2.45, 2.75) is 6.18 Å². The van der Waals surface area contributed by atoms with Crippen LogP contribution in [0.15, 0.2) is 64.6 Å². The van der Waals surface area contributed by atoms with Gasteiger partial charge in [-0.1, -0.05) is 11.2 Å². The average Bonchev–Trinajstić information content (AvgIpc) is 3.07. The Morgan fingerprint density at radius 3 is 2.72 bits per heavy atom. The highest BCUT2D eigenvalue weighted by molar-refractivity contribution is 5.82. The minimum Gasteiger partial charge on any atom is -0.454 e. The molecule has 0 amide bonds. The fourth-order valence-electron chi connectivity index (χ4n) is 2.74. The second kappa shape index (κ2) is 5.37. The lowest BCUT2D eigenvalue weighted by Gasteiger charge is -2.11. The number of halogens is 3. The standard InChI is InChI=1S/C17H10F3N3O2/c18-17(19,20)11-4-1-5-14-16(11)13(22-24)8-15(25-14)12-7-10-3-2-6-23(10)9-21-12/h1-9,24H/b22-13-. The van der Waals surface area contributed by atoms with Gasteiger partial charge in [0.1, 0.15) is 16.6 Å². The van der Waals surface area contributed by atoms with Crippen molar-refractivity contribution in [3.63, 3.8) is 0 Å². The van der Waals surface area contributed by atoms with Crippen molar-refractivity contribution < 1.29 is 22.8 Å². The van der Waals surface area contributed by atoms with Crippen molar-refractivity contribution in [1.29, 1.82) is 0 Å². The van der Waals surface area contributed by atoms with E-state index in [9.17, 15) is 18.4 Å². The van der Waals surface area contributed by atoms with E-state index in [1.165, 1.54) is 18.2 Å². The second-order valence-electron chi connectivity index (χ2n) is 5.39. The highest BCUT2D eigenvalue weighted by atomic mass is 19.4. The normalized spacial score (nSPS) is 13.0. The summed E-state index contributed by atoms with van der Waals surface area (Å²) in [7, 11) is 0. The number of benzene rings is 1. The van der Waals surface area contributed by atoms with E-state index in [4.69, 9.17) is 4.42 Å². The Morgan fingerprint density at radius 1 is 1.12 bits per heavy atom. The van der Waals surface area contributed by atoms with E-state index in [2.05, 4.69) is 10.1 Å². The molecule has 0 bridgehead atoms. The Hall–Kier alpha value is -3.29. The third-order valence-electron chi connectivity index (χ3n) is 3.85. The molecule has 126 valence electrons. The summed E-state index contributed by atoms with van der Waals surface area (Å²) in [5.41, 5.74) is 0.280. The van der Waals surface area contributed by atoms with E-state index < -0.39 is 11.7 Å². The molecule has 0 atom stereocenters. The molecule has 5 nitrogen and oxygen atoms in total. The minimum absolute atomic E-state index is 0.0443. The fourth-order valence-corrected chi connectivity index (χ4v) is 2.74. The Balaban J connectivity index is 2.01. The van der Waals surface area contributed by atoms with Crippen molar-refractivity contribution in [3.8, 4) is 11.5 Å². The molecule has 25 heavy (non-hydrogen) atoms. The molecule has 4 aromatic rings. The maximum Gasteiger partial charge on any atom is 0.417 e. The van der Waals surface area contributed by atoms with Gasteiger partial charge in [-0.05, 0) is 30.3 Å². The maximum absolute atomic E-state index is 13.2. The van der Waals surface area contributed by atoms with Gasteiger partial charge in [0.2, 0.25) is 0 Å². The number of aromatic nitrogens is 2. The highest BCUT2D eigenvalue weighted by Gasteiger charge is 2.33. The second-order valence-corrected chi connectivity index (χ2v) is 5.39. The molecule has 0 saturated heterocycles. The zero-order valence-electron chi connectivity index (χ0n) is 12.5. The molecule has 0 saturated carbocycles. The molecule has 0 spiro atoms. The molecule has 1 aromatic carbocycles. The molecule has 1 N–H and O–H groups in total. The maximum atomic E-state index is 13.2. The Labute approximate surface area is 138 Å². The third kappa shape index (κ3) is 2.51. The molecule has 0 fully saturated rings. The van der Waals surface area contributed by atoms with Crippen LogP contribution in [-0.2, 0) is 6.18 Å². The Morgan fingerprint density at radius 2 is 1.96 bits per heavy atom. The predicted octanol–water partition coefficient (Wildman–Crippen LogP) is 4.06. The number of hydrogen-bond acceptors (Lipinski definition) is 4. The number of alkyl halides is 3. The average molecular weight is 345 g/mol. The molecule has 0 aliphatic rings. The Bertz CT molecular complexity index is 1160. The molecular formula is C17H10F3N3O2. The van der Waals surface area contributed by atoms with Crippen LogP contribution in [0.25, 0.3) is 27.9 Å². The smallest absolute Gasteiger partial charge is 0.417 e. The summed E-state index contributed by atoms with van der Waals surface area (Å²) in [6.45, 7) is 0. The van der Waals surface area contributed by atoms with Crippen LogP contribution in [0.4, 0.5) is 13.2 Å². The van der Waals surface area contributed by atoms with Gasteiger partial charge in [0, 0.05) is 17.8 Å². The molecule has 0 aliphatic heterocycles. The summed E-state index contributed by atoms with van der Waals surface area (Å²) < 4.78 is 47.0. The summed E-state index contributed by atoms with van der Waals surface area (Å²) in [6.07, 6.45) is -1.22. The van der Waals surface area contributed by atoms with Gasteiger partial charge >= 0.3 is 6.18 Å². The SMILES string of the molecule is O/N=c1/cc(-c2cc3cccn3cn2)oc2cccc(C(F)(F)F)c12. The van der Waals surface area contributed by atoms with Gasteiger partial charge < -0.3 is 14.0 Å². The predicted molar refractivity (Wildman–Crippen MR) is 82.8 cm³/mol. The zero-order valence-corrected chi connectivity index (χ0v) is 12.5. The monoisotopic (exact) mass is 345 g/mol. The lowest BCUT2D eigenvalue weighted by molar-refractivity contribution is -0.136. The van der Waals surface area contributed by atoms with Crippen LogP contribution in [0.1, 0.15) is 5.56 Å². The summed E-state index contributed by atoms with van der Waals surface area (Å²) in [5, 5.41) is 11.7. The summed E-state index contributed by atoms with van der Waals surface area (Å²) in [5.74, 6) is 0.198. The number of rotatable bonds is 1. The third-order valence-corrected chi connectivity index (χ3v) is 3.85. The lowest BCUT2D eigenvalue weighted by atomic mass is 10.1. The van der Waals surface area contributed by atoms with Crippen LogP contribution in [-0.4, -0.2) is 14.6 Å². The van der Waals surface area contributed by atoms with Crippen LogP contribution in [0.3, 0.4) is 0 Å². The summed E-state index contributed by atoms with van der Waals surface area (Å²) in [6, 6.07) is 10.2. The molecule has 3 aromatic heterocycles. The number of nitrogens with zero attached hydrogens (tertiary/aromatic N) is 3. The minimum atomic E-state index is -4.60. The molecule has 8 heteroatoms. The first-order chi connectivity index (χ1) is 12.0. The van der Waals surface area contributed by atoms with Crippen molar-refractivity contribution >= 4 is 16.5 Å². The van der Waals surface area contributed by atoms with E-state index >= 15 is 0 Å². The van der Waals surface area contributed by atoms with Crippen molar-refractivity contribution in [2.75, 3.05) is 0 Å². The van der Waals surface area contributed by atoms with Crippen LogP contribution >= 0.6 is 0 Å². The van der Waals surface area contributed by atoms with Gasteiger partial charge in [-0.25, -0.2) is 4.98 Å². The first-order valence-corrected chi connectivity index (χ1v) is 7.22.